The van der Waals surface area contributed by atoms with Gasteiger partial charge in [-0.15, -0.1) is 0 Å². The Kier molecular flexibility index (Phi) is 5.91. The number of allylic oxidation sites excluding steroid dienone is 4. The number of amides is 1. The zero-order valence-corrected chi connectivity index (χ0v) is 14.2. The zero-order valence-electron chi connectivity index (χ0n) is 14.2. The summed E-state index contributed by atoms with van der Waals surface area (Å²) in [6.45, 7) is 6.39. The molecule has 2 fully saturated rings. The minimum Gasteiger partial charge on any atom is -0.350 e. The second-order valence-electron chi connectivity index (χ2n) is 6.87. The second-order valence-corrected chi connectivity index (χ2v) is 6.87. The van der Waals surface area contributed by atoms with Crippen LogP contribution >= 0.6 is 0 Å². The molecule has 0 aromatic heterocycles. The molecule has 1 saturated heterocycles. The molecule has 1 N–H and O–H groups in total. The third kappa shape index (κ3) is 5.23. The second kappa shape index (κ2) is 7.55. The Morgan fingerprint density at radius 2 is 1.75 bits per heavy atom. The summed E-state index contributed by atoms with van der Waals surface area (Å²) in [7, 11) is 0. The van der Waals surface area contributed by atoms with Crippen molar-refractivity contribution < 1.29 is 18.0 Å². The fourth-order valence-electron chi connectivity index (χ4n) is 3.33. The van der Waals surface area contributed by atoms with Gasteiger partial charge in [-0.2, -0.15) is 0 Å². The highest BCUT2D eigenvalue weighted by molar-refractivity contribution is 5.93. The van der Waals surface area contributed by atoms with E-state index in [1.807, 2.05) is 4.90 Å². The molecule has 0 bridgehead atoms. The van der Waals surface area contributed by atoms with Gasteiger partial charge in [0.05, 0.1) is 18.9 Å². The predicted octanol–water partition coefficient (Wildman–Crippen LogP) is 3.74. The highest BCUT2D eigenvalue weighted by atomic mass is 19.3. The summed E-state index contributed by atoms with van der Waals surface area (Å²) in [5.41, 5.74) is 0.909. The molecule has 24 heavy (non-hydrogen) atoms. The molecule has 6 heteroatoms. The number of rotatable bonds is 5. The third-order valence-corrected chi connectivity index (χ3v) is 4.56. The molecule has 2 aliphatic rings. The predicted molar refractivity (Wildman–Crippen MR) is 88.5 cm³/mol. The molecule has 3 nitrogen and oxygen atoms in total. The summed E-state index contributed by atoms with van der Waals surface area (Å²) in [6, 6.07) is 0.262. The number of hydrogen-bond donors (Lipinski definition) is 1. The van der Waals surface area contributed by atoms with Crippen molar-refractivity contribution in [2.24, 2.45) is 0 Å². The lowest BCUT2D eigenvalue weighted by Crippen LogP contribution is -2.60. The van der Waals surface area contributed by atoms with Crippen LogP contribution in [0.1, 0.15) is 39.5 Å². The van der Waals surface area contributed by atoms with Crippen LogP contribution in [0.4, 0.5) is 13.2 Å². The van der Waals surface area contributed by atoms with Crippen LogP contribution in [-0.4, -0.2) is 41.9 Å². The molecule has 1 saturated carbocycles. The average Bonchev–Trinajstić information content (AvgIpc) is 2.44. The third-order valence-electron chi connectivity index (χ3n) is 4.56. The lowest BCUT2D eigenvalue weighted by Gasteiger charge is -2.46. The first-order valence-electron chi connectivity index (χ1n) is 8.30. The largest absolute Gasteiger partial charge is 0.350 e. The number of hydrogen-bond acceptors (Lipinski definition) is 2. The van der Waals surface area contributed by atoms with Crippen LogP contribution in [0, 0.1) is 0 Å². The Labute approximate surface area is 141 Å². The molecule has 0 aromatic rings. The number of nitrogens with one attached hydrogen (secondary N) is 1. The van der Waals surface area contributed by atoms with E-state index in [2.05, 4.69) is 11.9 Å². The van der Waals surface area contributed by atoms with Crippen LogP contribution < -0.4 is 5.32 Å². The molecular weight excluding hydrogens is 317 g/mol. The number of halogens is 3. The number of likely N-dealkylation sites (tertiary alicyclic amines) is 1. The van der Waals surface area contributed by atoms with E-state index in [0.29, 0.717) is 11.1 Å². The normalized spacial score (nSPS) is 28.2. The Balaban J connectivity index is 1.77. The van der Waals surface area contributed by atoms with E-state index in [9.17, 15) is 18.0 Å². The van der Waals surface area contributed by atoms with E-state index in [0.717, 1.165) is 25.7 Å². The van der Waals surface area contributed by atoms with Gasteiger partial charge in [-0.05, 0) is 57.3 Å². The summed E-state index contributed by atoms with van der Waals surface area (Å²) in [5, 5.41) is 2.96. The molecule has 2 rings (SSSR count). The minimum atomic E-state index is -2.53. The maximum atomic E-state index is 12.9. The van der Waals surface area contributed by atoms with E-state index < -0.39 is 5.92 Å². The number of carbonyl (C=O) groups is 1. The Hall–Kier alpha value is -1.56. The maximum absolute atomic E-state index is 12.9. The van der Waals surface area contributed by atoms with Crippen molar-refractivity contribution in [1.82, 2.24) is 10.2 Å². The van der Waals surface area contributed by atoms with Gasteiger partial charge >= 0.3 is 0 Å². The standard InChI is InChI=1S/C18H25F3N2O/c1-12(9-14(3)19)8-13(2)17(24)22-15-4-6-16(7-5-15)23-10-18(20,21)11-23/h8-9,15-16H,1,4-7,10-11H2,2-3H3,(H,22,24)/b13-8+,14-9+. The van der Waals surface area contributed by atoms with E-state index in [1.54, 1.807) is 13.0 Å². The lowest BCUT2D eigenvalue weighted by molar-refractivity contribution is -0.150. The average molecular weight is 342 g/mol. The first-order chi connectivity index (χ1) is 11.2. The van der Waals surface area contributed by atoms with E-state index in [1.165, 1.54) is 13.0 Å². The van der Waals surface area contributed by atoms with E-state index in [-0.39, 0.29) is 36.9 Å². The van der Waals surface area contributed by atoms with Crippen molar-refractivity contribution in [2.45, 2.75) is 57.5 Å². The van der Waals surface area contributed by atoms with Gasteiger partial charge in [0.1, 0.15) is 0 Å². The van der Waals surface area contributed by atoms with Crippen LogP contribution in [-0.2, 0) is 4.79 Å². The Morgan fingerprint density at radius 3 is 2.25 bits per heavy atom. The quantitative estimate of drug-likeness (QED) is 0.610. The van der Waals surface area contributed by atoms with Crippen molar-refractivity contribution in [3.63, 3.8) is 0 Å². The van der Waals surface area contributed by atoms with Crippen LogP contribution in [0.25, 0.3) is 0 Å². The number of alkyl halides is 2. The number of nitrogens with zero attached hydrogens (tertiary/aromatic N) is 1. The van der Waals surface area contributed by atoms with Gasteiger partial charge in [0.15, 0.2) is 0 Å². The van der Waals surface area contributed by atoms with Crippen LogP contribution in [0.3, 0.4) is 0 Å². The van der Waals surface area contributed by atoms with Gasteiger partial charge in [-0.1, -0.05) is 6.58 Å². The summed E-state index contributed by atoms with van der Waals surface area (Å²) >= 11 is 0. The first-order valence-corrected chi connectivity index (χ1v) is 8.30. The fourth-order valence-corrected chi connectivity index (χ4v) is 3.33. The first kappa shape index (κ1) is 18.8. The highest BCUT2D eigenvalue weighted by Crippen LogP contribution is 2.33. The SMILES string of the molecule is C=C(/C=C(\C)F)/C=C(\C)C(=O)NC1CCC(N2CC(F)(F)C2)CC1. The van der Waals surface area contributed by atoms with Gasteiger partial charge in [0.25, 0.3) is 5.92 Å². The van der Waals surface area contributed by atoms with Crippen molar-refractivity contribution >= 4 is 5.91 Å². The summed E-state index contributed by atoms with van der Waals surface area (Å²) in [6.07, 6.45) is 6.03. The van der Waals surface area contributed by atoms with Crippen LogP contribution in [0.15, 0.2) is 35.7 Å². The molecule has 1 heterocycles. The summed E-state index contributed by atoms with van der Waals surface area (Å²) in [4.78, 5) is 14.0. The van der Waals surface area contributed by atoms with E-state index >= 15 is 0 Å². The lowest BCUT2D eigenvalue weighted by atomic mass is 9.88. The molecule has 0 radical (unpaired) electrons. The molecular formula is C18H25F3N2O. The monoisotopic (exact) mass is 342 g/mol. The maximum Gasteiger partial charge on any atom is 0.272 e. The van der Waals surface area contributed by atoms with Gasteiger partial charge in [-0.25, -0.2) is 13.2 Å². The molecule has 0 unspecified atom stereocenters. The van der Waals surface area contributed by atoms with E-state index in [4.69, 9.17) is 0 Å². The van der Waals surface area contributed by atoms with Crippen molar-refractivity contribution in [1.29, 1.82) is 0 Å². The van der Waals surface area contributed by atoms with Gasteiger partial charge in [0.2, 0.25) is 5.91 Å². The molecule has 1 aliphatic carbocycles. The van der Waals surface area contributed by atoms with Crippen LogP contribution in [0.5, 0.6) is 0 Å². The molecule has 0 atom stereocenters. The van der Waals surface area contributed by atoms with Crippen LogP contribution in [0.2, 0.25) is 0 Å². The van der Waals surface area contributed by atoms with Crippen molar-refractivity contribution in [3.05, 3.63) is 35.7 Å². The van der Waals surface area contributed by atoms with Gasteiger partial charge in [-0.3, -0.25) is 9.69 Å². The highest BCUT2D eigenvalue weighted by Gasteiger charge is 2.46. The van der Waals surface area contributed by atoms with Gasteiger partial charge < -0.3 is 5.32 Å². The Morgan fingerprint density at radius 1 is 1.17 bits per heavy atom. The topological polar surface area (TPSA) is 32.3 Å². The van der Waals surface area contributed by atoms with Crippen molar-refractivity contribution in [3.8, 4) is 0 Å². The molecule has 0 aromatic carbocycles. The number of carbonyl (C=O) groups excluding carboxylic acids is 1. The fraction of sp³-hybridized carbons (Fsp3) is 0.611. The zero-order chi connectivity index (χ0) is 17.9. The van der Waals surface area contributed by atoms with Gasteiger partial charge in [0, 0.05) is 17.7 Å². The molecule has 1 amide bonds. The molecule has 134 valence electrons. The van der Waals surface area contributed by atoms with Crippen molar-refractivity contribution in [2.75, 3.05) is 13.1 Å². The summed E-state index contributed by atoms with van der Waals surface area (Å²) in [5.74, 6) is -3.08. The smallest absolute Gasteiger partial charge is 0.272 e. The minimum absolute atomic E-state index is 0.0607. The summed E-state index contributed by atoms with van der Waals surface area (Å²) < 4.78 is 38.6. The Bertz CT molecular complexity index is 549. The molecule has 1 aliphatic heterocycles. The molecule has 0 spiro atoms.